The Labute approximate surface area is 107 Å². The second-order valence-electron chi connectivity index (χ2n) is 5.69. The second-order valence-corrected chi connectivity index (χ2v) is 5.69. The molecule has 100 valence electrons. The molecule has 1 aliphatic carbocycles. The summed E-state index contributed by atoms with van der Waals surface area (Å²) in [4.78, 5) is 5.32. The molecular weight excluding hydrogens is 210 g/mol. The molecule has 0 amide bonds. The molecule has 0 aromatic carbocycles. The van der Waals surface area contributed by atoms with Crippen molar-refractivity contribution >= 4 is 0 Å². The summed E-state index contributed by atoms with van der Waals surface area (Å²) in [5.74, 6) is 1.03. The van der Waals surface area contributed by atoms with Crippen molar-refractivity contribution in [2.24, 2.45) is 5.92 Å². The third-order valence-corrected chi connectivity index (χ3v) is 3.92. The number of hydrogen-bond acceptors (Lipinski definition) is 3. The lowest BCUT2D eigenvalue weighted by Crippen LogP contribution is -2.38. The SMILES string of the molecule is CCCN(CCN1CCCNCC1)CC1CC1. The van der Waals surface area contributed by atoms with Gasteiger partial charge in [0.25, 0.3) is 0 Å². The van der Waals surface area contributed by atoms with Crippen molar-refractivity contribution in [1.82, 2.24) is 15.1 Å². The fraction of sp³-hybridized carbons (Fsp3) is 1.00. The summed E-state index contributed by atoms with van der Waals surface area (Å²) in [6.45, 7) is 12.4. The fourth-order valence-electron chi connectivity index (χ4n) is 2.68. The molecule has 0 aromatic heterocycles. The van der Waals surface area contributed by atoms with Crippen molar-refractivity contribution in [3.05, 3.63) is 0 Å². The van der Waals surface area contributed by atoms with E-state index in [9.17, 15) is 0 Å². The first-order valence-corrected chi connectivity index (χ1v) is 7.54. The third kappa shape index (κ3) is 5.36. The zero-order valence-electron chi connectivity index (χ0n) is 11.5. The zero-order valence-corrected chi connectivity index (χ0v) is 11.5. The number of nitrogens with zero attached hydrogens (tertiary/aromatic N) is 2. The maximum absolute atomic E-state index is 3.48. The number of rotatable bonds is 7. The summed E-state index contributed by atoms with van der Waals surface area (Å²) in [6.07, 6.45) is 5.58. The molecule has 0 spiro atoms. The van der Waals surface area contributed by atoms with Gasteiger partial charge in [-0.2, -0.15) is 0 Å². The topological polar surface area (TPSA) is 18.5 Å². The Balaban J connectivity index is 1.65. The Hall–Kier alpha value is -0.120. The average Bonchev–Trinajstić information content (AvgIpc) is 3.13. The molecule has 0 atom stereocenters. The van der Waals surface area contributed by atoms with Crippen LogP contribution in [0.1, 0.15) is 32.6 Å². The lowest BCUT2D eigenvalue weighted by molar-refractivity contribution is 0.204. The smallest absolute Gasteiger partial charge is 0.0110 e. The van der Waals surface area contributed by atoms with Crippen LogP contribution in [-0.2, 0) is 0 Å². The van der Waals surface area contributed by atoms with Gasteiger partial charge in [-0.15, -0.1) is 0 Å². The standard InChI is InChI=1S/C14H29N3/c1-2-8-17(13-14-4-5-14)12-11-16-9-3-6-15-7-10-16/h14-15H,2-13H2,1H3. The molecule has 1 aliphatic heterocycles. The molecule has 0 aromatic rings. The Morgan fingerprint density at radius 3 is 2.82 bits per heavy atom. The fourth-order valence-corrected chi connectivity index (χ4v) is 2.68. The summed E-state index contributed by atoms with van der Waals surface area (Å²) >= 11 is 0. The van der Waals surface area contributed by atoms with E-state index in [1.807, 2.05) is 0 Å². The van der Waals surface area contributed by atoms with Crippen molar-refractivity contribution in [3.63, 3.8) is 0 Å². The van der Waals surface area contributed by atoms with Gasteiger partial charge in [0.15, 0.2) is 0 Å². The van der Waals surface area contributed by atoms with E-state index < -0.39 is 0 Å². The first-order valence-electron chi connectivity index (χ1n) is 7.54. The van der Waals surface area contributed by atoms with E-state index in [4.69, 9.17) is 0 Å². The molecule has 1 heterocycles. The largest absolute Gasteiger partial charge is 0.315 e. The van der Waals surface area contributed by atoms with Crippen LogP contribution in [0, 0.1) is 5.92 Å². The van der Waals surface area contributed by atoms with E-state index in [1.54, 1.807) is 0 Å². The van der Waals surface area contributed by atoms with E-state index in [-0.39, 0.29) is 0 Å². The molecule has 3 nitrogen and oxygen atoms in total. The minimum atomic E-state index is 1.03. The number of hydrogen-bond donors (Lipinski definition) is 1. The van der Waals surface area contributed by atoms with E-state index in [1.165, 1.54) is 78.0 Å². The van der Waals surface area contributed by atoms with Gasteiger partial charge < -0.3 is 15.1 Å². The normalized spacial score (nSPS) is 22.9. The lowest BCUT2D eigenvalue weighted by Gasteiger charge is -2.26. The van der Waals surface area contributed by atoms with Crippen molar-refractivity contribution in [1.29, 1.82) is 0 Å². The van der Waals surface area contributed by atoms with E-state index >= 15 is 0 Å². The molecule has 1 N–H and O–H groups in total. The van der Waals surface area contributed by atoms with Gasteiger partial charge in [0.05, 0.1) is 0 Å². The van der Waals surface area contributed by atoms with Crippen molar-refractivity contribution in [2.75, 3.05) is 52.4 Å². The molecule has 2 rings (SSSR count). The lowest BCUT2D eigenvalue weighted by atomic mass is 10.3. The molecule has 2 aliphatic rings. The van der Waals surface area contributed by atoms with Crippen LogP contribution in [-0.4, -0.2) is 62.2 Å². The molecule has 17 heavy (non-hydrogen) atoms. The Morgan fingerprint density at radius 2 is 2.06 bits per heavy atom. The zero-order chi connectivity index (χ0) is 11.9. The van der Waals surface area contributed by atoms with Crippen LogP contribution in [0.2, 0.25) is 0 Å². The Kier molecular flexibility index (Phi) is 5.75. The highest BCUT2D eigenvalue weighted by Gasteiger charge is 2.24. The predicted molar refractivity (Wildman–Crippen MR) is 73.4 cm³/mol. The van der Waals surface area contributed by atoms with Crippen LogP contribution in [0.25, 0.3) is 0 Å². The Morgan fingerprint density at radius 1 is 1.18 bits per heavy atom. The van der Waals surface area contributed by atoms with Gasteiger partial charge >= 0.3 is 0 Å². The van der Waals surface area contributed by atoms with Gasteiger partial charge in [-0.05, 0) is 51.2 Å². The van der Waals surface area contributed by atoms with Gasteiger partial charge in [-0.25, -0.2) is 0 Å². The van der Waals surface area contributed by atoms with E-state index in [0.29, 0.717) is 0 Å². The highest BCUT2D eigenvalue weighted by molar-refractivity contribution is 4.78. The minimum absolute atomic E-state index is 1.03. The van der Waals surface area contributed by atoms with Crippen LogP contribution in [0.3, 0.4) is 0 Å². The third-order valence-electron chi connectivity index (χ3n) is 3.92. The molecule has 2 fully saturated rings. The van der Waals surface area contributed by atoms with Crippen molar-refractivity contribution in [2.45, 2.75) is 32.6 Å². The number of nitrogens with one attached hydrogen (secondary N) is 1. The summed E-state index contributed by atoms with van der Waals surface area (Å²) < 4.78 is 0. The monoisotopic (exact) mass is 239 g/mol. The first-order chi connectivity index (χ1) is 8.38. The molecule has 0 unspecified atom stereocenters. The Bertz CT molecular complexity index is 196. The maximum atomic E-state index is 3.48. The second kappa shape index (κ2) is 7.34. The van der Waals surface area contributed by atoms with Crippen LogP contribution in [0.5, 0.6) is 0 Å². The minimum Gasteiger partial charge on any atom is -0.315 e. The predicted octanol–water partition coefficient (Wildman–Crippen LogP) is 1.40. The van der Waals surface area contributed by atoms with Crippen LogP contribution < -0.4 is 5.32 Å². The quantitative estimate of drug-likeness (QED) is 0.724. The summed E-state index contributed by atoms with van der Waals surface area (Å²) in [7, 11) is 0. The van der Waals surface area contributed by atoms with Gasteiger partial charge in [0.1, 0.15) is 0 Å². The average molecular weight is 239 g/mol. The summed E-state index contributed by atoms with van der Waals surface area (Å²) in [5.41, 5.74) is 0. The van der Waals surface area contributed by atoms with Crippen LogP contribution in [0.15, 0.2) is 0 Å². The highest BCUT2D eigenvalue weighted by atomic mass is 15.2. The molecule has 0 bridgehead atoms. The van der Waals surface area contributed by atoms with Gasteiger partial charge in [0, 0.05) is 32.7 Å². The highest BCUT2D eigenvalue weighted by Crippen LogP contribution is 2.29. The van der Waals surface area contributed by atoms with Crippen LogP contribution in [0.4, 0.5) is 0 Å². The molecule has 1 saturated carbocycles. The first kappa shape index (κ1) is 13.3. The maximum Gasteiger partial charge on any atom is 0.0110 e. The van der Waals surface area contributed by atoms with Gasteiger partial charge in [-0.1, -0.05) is 6.92 Å². The molecular formula is C14H29N3. The molecule has 3 heteroatoms. The molecule has 1 saturated heterocycles. The van der Waals surface area contributed by atoms with E-state index in [0.717, 1.165) is 5.92 Å². The van der Waals surface area contributed by atoms with Gasteiger partial charge in [-0.3, -0.25) is 0 Å². The molecule has 0 radical (unpaired) electrons. The van der Waals surface area contributed by atoms with Crippen LogP contribution >= 0.6 is 0 Å². The summed E-state index contributed by atoms with van der Waals surface area (Å²) in [5, 5.41) is 3.48. The van der Waals surface area contributed by atoms with Crippen molar-refractivity contribution < 1.29 is 0 Å². The van der Waals surface area contributed by atoms with E-state index in [2.05, 4.69) is 22.0 Å². The van der Waals surface area contributed by atoms with Gasteiger partial charge in [0.2, 0.25) is 0 Å². The van der Waals surface area contributed by atoms with Crippen molar-refractivity contribution in [3.8, 4) is 0 Å². The summed E-state index contributed by atoms with van der Waals surface area (Å²) in [6, 6.07) is 0.